The zero-order valence-electron chi connectivity index (χ0n) is 18.8. The van der Waals surface area contributed by atoms with Gasteiger partial charge in [0.15, 0.2) is 11.6 Å². The molecule has 0 bridgehead atoms. The summed E-state index contributed by atoms with van der Waals surface area (Å²) in [6.07, 6.45) is 1.40. The third-order valence-corrected chi connectivity index (χ3v) is 5.54. The molecule has 1 unspecified atom stereocenters. The van der Waals surface area contributed by atoms with Crippen LogP contribution in [0.25, 0.3) is 0 Å². The number of hydrogen-bond acceptors (Lipinski definition) is 6. The number of aromatic nitrogens is 2. The van der Waals surface area contributed by atoms with Gasteiger partial charge in [0, 0.05) is 31.7 Å². The monoisotopic (exact) mass is 450 g/mol. The molecule has 0 spiro atoms. The molecule has 0 radical (unpaired) electrons. The molecule has 0 aliphatic carbocycles. The first-order chi connectivity index (χ1) is 16.0. The van der Waals surface area contributed by atoms with Crippen molar-refractivity contribution in [3.63, 3.8) is 0 Å². The summed E-state index contributed by atoms with van der Waals surface area (Å²) in [5, 5.41) is 0. The van der Waals surface area contributed by atoms with Crippen LogP contribution in [0.3, 0.4) is 0 Å². The van der Waals surface area contributed by atoms with E-state index < -0.39 is 5.82 Å². The molecule has 8 heteroatoms. The zero-order valence-corrected chi connectivity index (χ0v) is 18.8. The third kappa shape index (κ3) is 5.84. The Labute approximate surface area is 192 Å². The molecule has 0 N–H and O–H groups in total. The van der Waals surface area contributed by atoms with E-state index in [1.165, 1.54) is 12.4 Å². The van der Waals surface area contributed by atoms with Crippen LogP contribution in [0.4, 0.5) is 10.2 Å². The summed E-state index contributed by atoms with van der Waals surface area (Å²) >= 11 is 0. The van der Waals surface area contributed by atoms with Crippen LogP contribution in [0, 0.1) is 12.7 Å². The Balaban J connectivity index is 1.33. The molecule has 7 nitrogen and oxygen atoms in total. The molecule has 1 aliphatic rings. The van der Waals surface area contributed by atoms with Crippen molar-refractivity contribution in [1.29, 1.82) is 0 Å². The molecule has 0 saturated carbocycles. The van der Waals surface area contributed by atoms with Crippen molar-refractivity contribution in [2.45, 2.75) is 26.5 Å². The quantitative estimate of drug-likeness (QED) is 0.543. The summed E-state index contributed by atoms with van der Waals surface area (Å²) in [5.41, 5.74) is 1.93. The van der Waals surface area contributed by atoms with Crippen LogP contribution < -0.4 is 9.64 Å². The van der Waals surface area contributed by atoms with Crippen molar-refractivity contribution in [3.05, 3.63) is 77.9 Å². The first-order valence-electron chi connectivity index (χ1n) is 10.9. The van der Waals surface area contributed by atoms with Crippen LogP contribution in [0.5, 0.6) is 11.6 Å². The number of aryl methyl sites for hydroxylation is 1. The Morgan fingerprint density at radius 3 is 2.73 bits per heavy atom. The largest absolute Gasteiger partial charge is 0.436 e. The van der Waals surface area contributed by atoms with E-state index in [0.717, 1.165) is 11.1 Å². The van der Waals surface area contributed by atoms with Gasteiger partial charge in [0.25, 0.3) is 0 Å². The zero-order chi connectivity index (χ0) is 23.2. The van der Waals surface area contributed by atoms with Crippen molar-refractivity contribution >= 4 is 11.7 Å². The highest BCUT2D eigenvalue weighted by Gasteiger charge is 2.28. The van der Waals surface area contributed by atoms with Gasteiger partial charge in [-0.1, -0.05) is 36.4 Å². The number of carbonyl (C=O) groups is 1. The Kier molecular flexibility index (Phi) is 7.14. The molecule has 4 rings (SSSR count). The van der Waals surface area contributed by atoms with Gasteiger partial charge in [-0.05, 0) is 37.1 Å². The predicted molar refractivity (Wildman–Crippen MR) is 123 cm³/mol. The van der Waals surface area contributed by atoms with Crippen molar-refractivity contribution in [2.24, 2.45) is 0 Å². The van der Waals surface area contributed by atoms with E-state index in [9.17, 15) is 9.18 Å². The highest BCUT2D eigenvalue weighted by Crippen LogP contribution is 2.26. The van der Waals surface area contributed by atoms with Crippen molar-refractivity contribution in [2.75, 3.05) is 31.1 Å². The number of anilines is 1. The normalized spacial score (nSPS) is 16.0. The Morgan fingerprint density at radius 2 is 1.94 bits per heavy atom. The highest BCUT2D eigenvalue weighted by molar-refractivity contribution is 5.78. The molecule has 3 aromatic rings. The van der Waals surface area contributed by atoms with E-state index >= 15 is 0 Å². The fraction of sp³-hybridized carbons (Fsp3) is 0.320. The van der Waals surface area contributed by atoms with Gasteiger partial charge >= 0.3 is 0 Å². The number of nitrogens with zero attached hydrogens (tertiary/aromatic N) is 4. The third-order valence-electron chi connectivity index (χ3n) is 5.54. The van der Waals surface area contributed by atoms with E-state index in [1.54, 1.807) is 18.2 Å². The predicted octanol–water partition coefficient (Wildman–Crippen LogP) is 3.97. The van der Waals surface area contributed by atoms with E-state index in [0.29, 0.717) is 32.1 Å². The van der Waals surface area contributed by atoms with Crippen molar-refractivity contribution in [1.82, 2.24) is 14.9 Å². The topological polar surface area (TPSA) is 67.8 Å². The number of piperazine rings is 1. The van der Waals surface area contributed by atoms with Crippen LogP contribution in [-0.2, 0) is 16.1 Å². The minimum Gasteiger partial charge on any atom is -0.436 e. The summed E-state index contributed by atoms with van der Waals surface area (Å²) in [7, 11) is 0. The first kappa shape index (κ1) is 22.7. The number of rotatable bonds is 7. The molecule has 1 amide bonds. The Hall–Kier alpha value is -3.52. The van der Waals surface area contributed by atoms with Gasteiger partial charge in [0.1, 0.15) is 18.8 Å². The lowest BCUT2D eigenvalue weighted by atomic mass is 10.2. The molecular formula is C25H27FN4O3. The molecule has 172 valence electrons. The number of hydrogen-bond donors (Lipinski definition) is 0. The van der Waals surface area contributed by atoms with Crippen LogP contribution >= 0.6 is 0 Å². The fourth-order valence-electron chi connectivity index (χ4n) is 3.81. The standard InChI is InChI=1S/C25H27FN4O3/c1-18-8-9-21(26)22(12-18)33-24-13-23(27-17-28-24)29-10-11-30(19(2)14-29)25(31)16-32-15-20-6-4-3-5-7-20/h3-9,12-13,17,19H,10-11,14-16H2,1-2H3. The lowest BCUT2D eigenvalue weighted by Crippen LogP contribution is -2.55. The van der Waals surface area contributed by atoms with Gasteiger partial charge in [-0.3, -0.25) is 4.79 Å². The number of carbonyl (C=O) groups excluding carboxylic acids is 1. The highest BCUT2D eigenvalue weighted by atomic mass is 19.1. The van der Waals surface area contributed by atoms with Crippen molar-refractivity contribution in [3.8, 4) is 11.6 Å². The smallest absolute Gasteiger partial charge is 0.248 e. The molecule has 2 heterocycles. The first-order valence-corrected chi connectivity index (χ1v) is 10.9. The maximum absolute atomic E-state index is 14.0. The van der Waals surface area contributed by atoms with Crippen molar-refractivity contribution < 1.29 is 18.7 Å². The van der Waals surface area contributed by atoms with E-state index in [1.807, 2.05) is 49.1 Å². The van der Waals surface area contributed by atoms with Crippen LogP contribution in [0.1, 0.15) is 18.1 Å². The number of ether oxygens (including phenoxy) is 2. The van der Waals surface area contributed by atoms with Gasteiger partial charge in [-0.15, -0.1) is 0 Å². The Morgan fingerprint density at radius 1 is 1.12 bits per heavy atom. The maximum atomic E-state index is 14.0. The van der Waals surface area contributed by atoms with Gasteiger partial charge in [-0.25, -0.2) is 14.4 Å². The molecule has 1 aliphatic heterocycles. The molecular weight excluding hydrogens is 423 g/mol. The molecule has 33 heavy (non-hydrogen) atoms. The summed E-state index contributed by atoms with van der Waals surface area (Å²) in [6, 6.07) is 16.1. The van der Waals surface area contributed by atoms with E-state index in [-0.39, 0.29) is 30.2 Å². The van der Waals surface area contributed by atoms with E-state index in [2.05, 4.69) is 14.9 Å². The maximum Gasteiger partial charge on any atom is 0.248 e. The molecule has 1 fully saturated rings. The minimum absolute atomic E-state index is 0.0138. The second kappa shape index (κ2) is 10.4. The Bertz CT molecular complexity index is 1100. The average molecular weight is 451 g/mol. The van der Waals surface area contributed by atoms with Gasteiger partial charge in [0.2, 0.25) is 11.8 Å². The molecule has 1 atom stereocenters. The molecule has 2 aromatic carbocycles. The molecule has 1 saturated heterocycles. The summed E-state index contributed by atoms with van der Waals surface area (Å²) in [6.45, 7) is 6.11. The van der Waals surface area contributed by atoms with Crippen LogP contribution in [-0.4, -0.2) is 53.1 Å². The fourth-order valence-corrected chi connectivity index (χ4v) is 3.81. The SMILES string of the molecule is Cc1ccc(F)c(Oc2cc(N3CCN(C(=O)COCc4ccccc4)C(C)C3)ncn2)c1. The minimum atomic E-state index is -0.448. The number of amides is 1. The average Bonchev–Trinajstić information content (AvgIpc) is 2.82. The lowest BCUT2D eigenvalue weighted by Gasteiger charge is -2.40. The number of benzene rings is 2. The number of halogens is 1. The second-order valence-electron chi connectivity index (χ2n) is 8.11. The van der Waals surface area contributed by atoms with Crippen LogP contribution in [0.15, 0.2) is 60.9 Å². The van der Waals surface area contributed by atoms with Gasteiger partial charge in [0.05, 0.1) is 6.61 Å². The lowest BCUT2D eigenvalue weighted by molar-refractivity contribution is -0.139. The second-order valence-corrected chi connectivity index (χ2v) is 8.11. The summed E-state index contributed by atoms with van der Waals surface area (Å²) < 4.78 is 25.3. The molecule has 1 aromatic heterocycles. The van der Waals surface area contributed by atoms with E-state index in [4.69, 9.17) is 9.47 Å². The van der Waals surface area contributed by atoms with Gasteiger partial charge < -0.3 is 19.3 Å². The van der Waals surface area contributed by atoms with Gasteiger partial charge in [-0.2, -0.15) is 0 Å². The summed E-state index contributed by atoms with van der Waals surface area (Å²) in [4.78, 5) is 25.0. The summed E-state index contributed by atoms with van der Waals surface area (Å²) in [5.74, 6) is 0.590. The van der Waals surface area contributed by atoms with Crippen LogP contribution in [0.2, 0.25) is 0 Å².